The Morgan fingerprint density at radius 1 is 1.19 bits per heavy atom. The van der Waals surface area contributed by atoms with Gasteiger partial charge in [-0.15, -0.1) is 0 Å². The number of piperidine rings is 1. The predicted molar refractivity (Wildman–Crippen MR) is 66.3 cm³/mol. The van der Waals surface area contributed by atoms with Crippen molar-refractivity contribution in [3.05, 3.63) is 0 Å². The molecule has 2 nitrogen and oxygen atoms in total. The molecule has 2 rings (SSSR count). The fourth-order valence-electron chi connectivity index (χ4n) is 3.37. The first-order chi connectivity index (χ1) is 7.83. The Morgan fingerprint density at radius 3 is 2.88 bits per heavy atom. The maximum absolute atomic E-state index is 11.8. The third kappa shape index (κ3) is 2.58. The third-order valence-electron chi connectivity index (χ3n) is 4.23. The number of nitrogens with zero attached hydrogens (tertiary/aromatic N) is 1. The van der Waals surface area contributed by atoms with E-state index in [2.05, 4.69) is 11.8 Å². The number of hydrogen-bond donors (Lipinski definition) is 0. The average molecular weight is 223 g/mol. The van der Waals surface area contributed by atoms with Crippen LogP contribution in [-0.2, 0) is 4.79 Å². The lowest BCUT2D eigenvalue weighted by molar-refractivity contribution is -0.132. The largest absolute Gasteiger partial charge is 0.337 e. The fourth-order valence-corrected chi connectivity index (χ4v) is 3.37. The first kappa shape index (κ1) is 11.9. The molecule has 0 spiro atoms. The normalized spacial score (nSPS) is 29.6. The SMILES string of the molecule is CCCCCC[C@@H]1CCC[C@H]2CCC(=O)N12. The molecule has 0 aliphatic carbocycles. The van der Waals surface area contributed by atoms with E-state index in [9.17, 15) is 4.79 Å². The van der Waals surface area contributed by atoms with Gasteiger partial charge in [0, 0.05) is 18.5 Å². The van der Waals surface area contributed by atoms with Gasteiger partial charge in [0.05, 0.1) is 0 Å². The Labute approximate surface area is 99.4 Å². The summed E-state index contributed by atoms with van der Waals surface area (Å²) in [4.78, 5) is 14.1. The van der Waals surface area contributed by atoms with Gasteiger partial charge in [0.25, 0.3) is 0 Å². The molecule has 2 saturated heterocycles. The van der Waals surface area contributed by atoms with Crippen molar-refractivity contribution in [2.45, 2.75) is 83.2 Å². The molecule has 2 heteroatoms. The molecule has 2 heterocycles. The Hall–Kier alpha value is -0.530. The summed E-state index contributed by atoms with van der Waals surface area (Å²) in [7, 11) is 0. The first-order valence-electron chi connectivity index (χ1n) is 7.14. The van der Waals surface area contributed by atoms with Gasteiger partial charge in [-0.1, -0.05) is 32.6 Å². The zero-order valence-corrected chi connectivity index (χ0v) is 10.6. The van der Waals surface area contributed by atoms with Crippen LogP contribution < -0.4 is 0 Å². The lowest BCUT2D eigenvalue weighted by Crippen LogP contribution is -2.45. The van der Waals surface area contributed by atoms with Crippen LogP contribution in [0.15, 0.2) is 0 Å². The van der Waals surface area contributed by atoms with Crippen LogP contribution in [0, 0.1) is 0 Å². The summed E-state index contributed by atoms with van der Waals surface area (Å²) in [5.74, 6) is 0.435. The highest BCUT2D eigenvalue weighted by Crippen LogP contribution is 2.33. The van der Waals surface area contributed by atoms with Crippen molar-refractivity contribution in [3.8, 4) is 0 Å². The molecule has 0 N–H and O–H groups in total. The summed E-state index contributed by atoms with van der Waals surface area (Å²) in [5, 5.41) is 0. The number of hydrogen-bond acceptors (Lipinski definition) is 1. The molecule has 0 saturated carbocycles. The highest BCUT2D eigenvalue weighted by Gasteiger charge is 2.37. The van der Waals surface area contributed by atoms with Crippen molar-refractivity contribution < 1.29 is 4.79 Å². The van der Waals surface area contributed by atoms with E-state index in [1.54, 1.807) is 0 Å². The van der Waals surface area contributed by atoms with Gasteiger partial charge in [0.2, 0.25) is 5.91 Å². The maximum Gasteiger partial charge on any atom is 0.223 e. The molecule has 2 aliphatic rings. The number of fused-ring (bicyclic) bond motifs is 1. The van der Waals surface area contributed by atoms with E-state index in [0.717, 1.165) is 12.8 Å². The van der Waals surface area contributed by atoms with Crippen LogP contribution in [0.3, 0.4) is 0 Å². The summed E-state index contributed by atoms with van der Waals surface area (Å²) in [6.45, 7) is 2.25. The van der Waals surface area contributed by atoms with E-state index in [1.165, 1.54) is 51.4 Å². The van der Waals surface area contributed by atoms with Gasteiger partial charge < -0.3 is 4.90 Å². The second-order valence-electron chi connectivity index (χ2n) is 5.43. The molecule has 92 valence electrons. The van der Waals surface area contributed by atoms with E-state index in [-0.39, 0.29) is 0 Å². The van der Waals surface area contributed by atoms with Crippen LogP contribution in [0.25, 0.3) is 0 Å². The van der Waals surface area contributed by atoms with E-state index < -0.39 is 0 Å². The van der Waals surface area contributed by atoms with E-state index in [1.807, 2.05) is 0 Å². The topological polar surface area (TPSA) is 20.3 Å². The molecule has 2 atom stereocenters. The lowest BCUT2D eigenvalue weighted by Gasteiger charge is -2.38. The van der Waals surface area contributed by atoms with E-state index in [0.29, 0.717) is 18.0 Å². The molecule has 0 bridgehead atoms. The van der Waals surface area contributed by atoms with Gasteiger partial charge in [-0.25, -0.2) is 0 Å². The molecule has 0 aromatic carbocycles. The summed E-state index contributed by atoms with van der Waals surface area (Å²) in [6.07, 6.45) is 12.4. The number of carbonyl (C=O) groups is 1. The summed E-state index contributed by atoms with van der Waals surface area (Å²) in [5.41, 5.74) is 0. The first-order valence-corrected chi connectivity index (χ1v) is 7.14. The minimum absolute atomic E-state index is 0.435. The van der Waals surface area contributed by atoms with Crippen LogP contribution >= 0.6 is 0 Å². The summed E-state index contributed by atoms with van der Waals surface area (Å²) >= 11 is 0. The second-order valence-corrected chi connectivity index (χ2v) is 5.43. The van der Waals surface area contributed by atoms with Crippen LogP contribution in [0.1, 0.15) is 71.1 Å². The summed E-state index contributed by atoms with van der Waals surface area (Å²) < 4.78 is 0. The lowest BCUT2D eigenvalue weighted by atomic mass is 9.93. The molecule has 1 amide bonds. The van der Waals surface area contributed by atoms with Crippen molar-refractivity contribution in [3.63, 3.8) is 0 Å². The highest BCUT2D eigenvalue weighted by molar-refractivity contribution is 5.79. The van der Waals surface area contributed by atoms with Gasteiger partial charge in [0.15, 0.2) is 0 Å². The fraction of sp³-hybridized carbons (Fsp3) is 0.929. The molecule has 2 fully saturated rings. The van der Waals surface area contributed by atoms with Crippen molar-refractivity contribution in [2.75, 3.05) is 0 Å². The quantitative estimate of drug-likeness (QED) is 0.653. The molecular formula is C14H25NO. The number of rotatable bonds is 5. The Kier molecular flexibility index (Phi) is 4.25. The number of unbranched alkanes of at least 4 members (excludes halogenated alkanes) is 3. The van der Waals surface area contributed by atoms with Crippen LogP contribution in [-0.4, -0.2) is 22.9 Å². The van der Waals surface area contributed by atoms with Gasteiger partial charge >= 0.3 is 0 Å². The van der Waals surface area contributed by atoms with Crippen LogP contribution in [0.5, 0.6) is 0 Å². The molecule has 0 aromatic heterocycles. The van der Waals surface area contributed by atoms with Crippen molar-refractivity contribution in [1.29, 1.82) is 0 Å². The summed E-state index contributed by atoms with van der Waals surface area (Å²) in [6, 6.07) is 1.20. The standard InChI is InChI=1S/C14H25NO/c1-2-3-4-5-7-12-8-6-9-13-10-11-14(16)15(12)13/h12-13H,2-11H2,1H3/t12-,13+/m1/s1. The number of amides is 1. The average Bonchev–Trinajstić information content (AvgIpc) is 2.68. The second kappa shape index (κ2) is 5.70. The molecule has 0 aromatic rings. The van der Waals surface area contributed by atoms with Crippen LogP contribution in [0.2, 0.25) is 0 Å². The Bertz CT molecular complexity index is 239. The van der Waals surface area contributed by atoms with Gasteiger partial charge in [-0.05, 0) is 32.1 Å². The zero-order valence-electron chi connectivity index (χ0n) is 10.6. The minimum Gasteiger partial charge on any atom is -0.337 e. The highest BCUT2D eigenvalue weighted by atomic mass is 16.2. The number of carbonyl (C=O) groups excluding carboxylic acids is 1. The zero-order chi connectivity index (χ0) is 11.4. The molecule has 0 unspecified atom stereocenters. The van der Waals surface area contributed by atoms with E-state index >= 15 is 0 Å². The van der Waals surface area contributed by atoms with Crippen molar-refractivity contribution in [1.82, 2.24) is 4.90 Å². The van der Waals surface area contributed by atoms with Crippen molar-refractivity contribution >= 4 is 5.91 Å². The van der Waals surface area contributed by atoms with Crippen LogP contribution in [0.4, 0.5) is 0 Å². The predicted octanol–water partition coefficient (Wildman–Crippen LogP) is 3.50. The van der Waals surface area contributed by atoms with Gasteiger partial charge in [-0.2, -0.15) is 0 Å². The smallest absolute Gasteiger partial charge is 0.223 e. The Morgan fingerprint density at radius 2 is 2.06 bits per heavy atom. The van der Waals surface area contributed by atoms with Gasteiger partial charge in [-0.3, -0.25) is 4.79 Å². The molecule has 0 radical (unpaired) electrons. The van der Waals surface area contributed by atoms with E-state index in [4.69, 9.17) is 0 Å². The third-order valence-corrected chi connectivity index (χ3v) is 4.23. The van der Waals surface area contributed by atoms with Gasteiger partial charge in [0.1, 0.15) is 0 Å². The van der Waals surface area contributed by atoms with Crippen molar-refractivity contribution in [2.24, 2.45) is 0 Å². The molecule has 2 aliphatic heterocycles. The Balaban J connectivity index is 1.80. The monoisotopic (exact) mass is 223 g/mol. The minimum atomic E-state index is 0.435. The molecule has 16 heavy (non-hydrogen) atoms. The molecular weight excluding hydrogens is 198 g/mol. The maximum atomic E-state index is 11.8.